The molecule has 1 heterocycles. The summed E-state index contributed by atoms with van der Waals surface area (Å²) in [5.41, 5.74) is 0.461. The Morgan fingerprint density at radius 1 is 1.16 bits per heavy atom. The van der Waals surface area contributed by atoms with E-state index in [1.807, 2.05) is 0 Å². The van der Waals surface area contributed by atoms with Crippen molar-refractivity contribution < 1.29 is 18.7 Å². The highest BCUT2D eigenvalue weighted by Crippen LogP contribution is 2.15. The molecule has 0 aliphatic heterocycles. The van der Waals surface area contributed by atoms with Gasteiger partial charge >= 0.3 is 5.97 Å². The Morgan fingerprint density at radius 3 is 2.47 bits per heavy atom. The van der Waals surface area contributed by atoms with Crippen molar-refractivity contribution in [3.63, 3.8) is 0 Å². The van der Waals surface area contributed by atoms with Crippen LogP contribution in [0.25, 0.3) is 0 Å². The highest BCUT2D eigenvalue weighted by molar-refractivity contribution is 5.96. The van der Waals surface area contributed by atoms with Crippen LogP contribution in [-0.2, 0) is 9.53 Å². The molecule has 1 atom stereocenters. The number of amides is 1. The van der Waals surface area contributed by atoms with Crippen LogP contribution in [0, 0.1) is 0 Å². The minimum absolute atomic E-state index is 0.330. The zero-order valence-electron chi connectivity index (χ0n) is 10.3. The molecule has 0 fully saturated rings. The summed E-state index contributed by atoms with van der Waals surface area (Å²) in [4.78, 5) is 23.7. The van der Waals surface area contributed by atoms with Crippen LogP contribution in [0.2, 0.25) is 0 Å². The third kappa shape index (κ3) is 3.01. The second-order valence-electron chi connectivity index (χ2n) is 3.81. The summed E-state index contributed by atoms with van der Waals surface area (Å²) in [6, 6.07) is 10.9. The van der Waals surface area contributed by atoms with Gasteiger partial charge in [-0.05, 0) is 24.3 Å². The van der Waals surface area contributed by atoms with Crippen LogP contribution in [0.3, 0.4) is 0 Å². The molecule has 1 unspecified atom stereocenters. The van der Waals surface area contributed by atoms with Crippen molar-refractivity contribution in [3.05, 3.63) is 60.1 Å². The van der Waals surface area contributed by atoms with E-state index in [2.05, 4.69) is 10.1 Å². The molecule has 1 amide bonds. The van der Waals surface area contributed by atoms with E-state index in [-0.39, 0.29) is 5.91 Å². The number of rotatable bonds is 4. The summed E-state index contributed by atoms with van der Waals surface area (Å²) in [7, 11) is 1.26. The van der Waals surface area contributed by atoms with Crippen molar-refractivity contribution in [2.45, 2.75) is 6.04 Å². The standard InChI is InChI=1S/C14H13NO4/c1-18-14(17)12(11-8-5-9-19-11)15-13(16)10-6-3-2-4-7-10/h2-9,12H,1H3,(H,15,16). The van der Waals surface area contributed by atoms with Gasteiger partial charge in [0.05, 0.1) is 13.4 Å². The third-order valence-electron chi connectivity index (χ3n) is 2.58. The zero-order chi connectivity index (χ0) is 13.7. The first-order chi connectivity index (χ1) is 9.22. The van der Waals surface area contributed by atoms with Gasteiger partial charge < -0.3 is 14.5 Å². The Kier molecular flexibility index (Phi) is 3.97. The number of hydrogen-bond acceptors (Lipinski definition) is 4. The number of ether oxygens (including phenoxy) is 1. The quantitative estimate of drug-likeness (QED) is 0.852. The summed E-state index contributed by atoms with van der Waals surface area (Å²) in [6.45, 7) is 0. The summed E-state index contributed by atoms with van der Waals surface area (Å²) < 4.78 is 9.80. The second-order valence-corrected chi connectivity index (χ2v) is 3.81. The number of benzene rings is 1. The number of furan rings is 1. The summed E-state index contributed by atoms with van der Waals surface area (Å²) >= 11 is 0. The molecule has 2 rings (SSSR count). The Bertz CT molecular complexity index is 548. The lowest BCUT2D eigenvalue weighted by molar-refractivity contribution is -0.143. The van der Waals surface area contributed by atoms with Gasteiger partial charge in [-0.3, -0.25) is 4.79 Å². The molecular formula is C14H13NO4. The van der Waals surface area contributed by atoms with E-state index in [4.69, 9.17) is 4.42 Å². The molecule has 0 spiro atoms. The van der Waals surface area contributed by atoms with Gasteiger partial charge in [-0.1, -0.05) is 18.2 Å². The normalized spacial score (nSPS) is 11.6. The lowest BCUT2D eigenvalue weighted by Crippen LogP contribution is -2.34. The van der Waals surface area contributed by atoms with Gasteiger partial charge in [0.25, 0.3) is 5.91 Å². The van der Waals surface area contributed by atoms with Crippen molar-refractivity contribution in [2.24, 2.45) is 0 Å². The number of carbonyl (C=O) groups is 2. The van der Waals surface area contributed by atoms with Gasteiger partial charge in [0.15, 0.2) is 6.04 Å². The van der Waals surface area contributed by atoms with E-state index in [1.54, 1.807) is 42.5 Å². The van der Waals surface area contributed by atoms with Crippen LogP contribution in [0.5, 0.6) is 0 Å². The molecule has 5 heteroatoms. The van der Waals surface area contributed by atoms with Gasteiger partial charge in [0.2, 0.25) is 0 Å². The molecule has 19 heavy (non-hydrogen) atoms. The molecule has 0 aliphatic rings. The topological polar surface area (TPSA) is 68.5 Å². The molecule has 0 saturated carbocycles. The fourth-order valence-electron chi connectivity index (χ4n) is 1.62. The fourth-order valence-corrected chi connectivity index (χ4v) is 1.62. The lowest BCUT2D eigenvalue weighted by atomic mass is 10.1. The molecule has 0 radical (unpaired) electrons. The fraction of sp³-hybridized carbons (Fsp3) is 0.143. The molecule has 1 aromatic heterocycles. The maximum Gasteiger partial charge on any atom is 0.336 e. The zero-order valence-corrected chi connectivity index (χ0v) is 10.3. The van der Waals surface area contributed by atoms with E-state index in [1.165, 1.54) is 13.4 Å². The predicted octanol–water partition coefficient (Wildman–Crippen LogP) is 1.92. The minimum Gasteiger partial charge on any atom is -0.467 e. The highest BCUT2D eigenvalue weighted by atomic mass is 16.5. The van der Waals surface area contributed by atoms with Gasteiger partial charge in [0, 0.05) is 5.56 Å². The first-order valence-electron chi connectivity index (χ1n) is 5.69. The molecule has 1 aromatic carbocycles. The van der Waals surface area contributed by atoms with Crippen molar-refractivity contribution in [1.29, 1.82) is 0 Å². The molecule has 0 saturated heterocycles. The van der Waals surface area contributed by atoms with Gasteiger partial charge in [0.1, 0.15) is 5.76 Å². The monoisotopic (exact) mass is 259 g/mol. The average molecular weight is 259 g/mol. The average Bonchev–Trinajstić information content (AvgIpc) is 2.98. The van der Waals surface area contributed by atoms with Crippen LogP contribution in [0.4, 0.5) is 0 Å². The largest absolute Gasteiger partial charge is 0.467 e. The van der Waals surface area contributed by atoms with Gasteiger partial charge in [-0.15, -0.1) is 0 Å². The molecule has 98 valence electrons. The number of esters is 1. The number of methoxy groups -OCH3 is 1. The second kappa shape index (κ2) is 5.86. The van der Waals surface area contributed by atoms with Crippen molar-refractivity contribution in [2.75, 3.05) is 7.11 Å². The molecular weight excluding hydrogens is 246 g/mol. The number of nitrogens with one attached hydrogen (secondary N) is 1. The molecule has 0 aliphatic carbocycles. The summed E-state index contributed by atoms with van der Waals surface area (Å²) in [6.07, 6.45) is 1.43. The minimum atomic E-state index is -0.951. The molecule has 2 aromatic rings. The van der Waals surface area contributed by atoms with Crippen LogP contribution in [0.15, 0.2) is 53.1 Å². The van der Waals surface area contributed by atoms with Gasteiger partial charge in [-0.25, -0.2) is 4.79 Å². The van der Waals surface area contributed by atoms with Crippen molar-refractivity contribution in [1.82, 2.24) is 5.32 Å². The van der Waals surface area contributed by atoms with Crippen LogP contribution >= 0.6 is 0 Å². The van der Waals surface area contributed by atoms with Crippen LogP contribution in [0.1, 0.15) is 22.2 Å². The van der Waals surface area contributed by atoms with E-state index in [0.29, 0.717) is 11.3 Å². The Balaban J connectivity index is 2.18. The smallest absolute Gasteiger partial charge is 0.336 e. The van der Waals surface area contributed by atoms with E-state index >= 15 is 0 Å². The Hall–Kier alpha value is -2.56. The first-order valence-corrected chi connectivity index (χ1v) is 5.69. The van der Waals surface area contributed by atoms with E-state index in [9.17, 15) is 9.59 Å². The number of carbonyl (C=O) groups excluding carboxylic acids is 2. The highest BCUT2D eigenvalue weighted by Gasteiger charge is 2.26. The maximum atomic E-state index is 12.0. The summed E-state index contributed by atoms with van der Waals surface area (Å²) in [5, 5.41) is 2.58. The SMILES string of the molecule is COC(=O)C(NC(=O)c1ccccc1)c1ccco1. The van der Waals surface area contributed by atoms with Gasteiger partial charge in [-0.2, -0.15) is 0 Å². The lowest BCUT2D eigenvalue weighted by Gasteiger charge is -2.14. The number of hydrogen-bond donors (Lipinski definition) is 1. The maximum absolute atomic E-state index is 12.0. The molecule has 0 bridgehead atoms. The van der Waals surface area contributed by atoms with Crippen LogP contribution in [-0.4, -0.2) is 19.0 Å². The summed E-state index contributed by atoms with van der Waals surface area (Å²) in [5.74, 6) is -0.622. The van der Waals surface area contributed by atoms with Crippen molar-refractivity contribution in [3.8, 4) is 0 Å². The van der Waals surface area contributed by atoms with E-state index in [0.717, 1.165) is 0 Å². The molecule has 1 N–H and O–H groups in total. The first kappa shape index (κ1) is 12.9. The Morgan fingerprint density at radius 2 is 1.89 bits per heavy atom. The van der Waals surface area contributed by atoms with Crippen molar-refractivity contribution >= 4 is 11.9 Å². The Labute approximate surface area is 110 Å². The predicted molar refractivity (Wildman–Crippen MR) is 67.4 cm³/mol. The van der Waals surface area contributed by atoms with Crippen LogP contribution < -0.4 is 5.32 Å². The molecule has 5 nitrogen and oxygen atoms in total. The third-order valence-corrected chi connectivity index (χ3v) is 2.58. The van der Waals surface area contributed by atoms with E-state index < -0.39 is 12.0 Å².